The Morgan fingerprint density at radius 1 is 0.896 bits per heavy atom. The number of amides is 1. The minimum Gasteiger partial charge on any atom is -0.463 e. The maximum atomic E-state index is 13.9. The number of carbonyl (C=O) groups excluding carboxylic acids is 2. The van der Waals surface area contributed by atoms with Gasteiger partial charge in [-0.15, -0.1) is 0 Å². The first-order valence-corrected chi connectivity index (χ1v) is 16.5. The number of carbonyl (C=O) groups is 2. The molecule has 48 heavy (non-hydrogen) atoms. The van der Waals surface area contributed by atoms with E-state index in [1.807, 2.05) is 37.3 Å². The molecule has 3 aromatic carbocycles. The molecule has 2 aliphatic rings. The van der Waals surface area contributed by atoms with Crippen LogP contribution >= 0.6 is 0 Å². The molecule has 3 aromatic rings. The van der Waals surface area contributed by atoms with Crippen LogP contribution < -0.4 is 10.6 Å². The molecule has 1 atom stereocenters. The number of halogens is 2. The summed E-state index contributed by atoms with van der Waals surface area (Å²) in [4.78, 5) is 35.8. The van der Waals surface area contributed by atoms with Crippen LogP contribution in [0.1, 0.15) is 62.8 Å². The van der Waals surface area contributed by atoms with Crippen molar-refractivity contribution in [2.24, 2.45) is 4.99 Å². The minimum absolute atomic E-state index is 0.215. The molecule has 5 rings (SSSR count). The number of aliphatic imine (C=N–C) groups is 1. The number of nitrogens with zero attached hydrogens (tertiary/aromatic N) is 3. The first kappa shape index (κ1) is 34.5. The number of allylic oxidation sites excluding steroid dienone is 1. The highest BCUT2D eigenvalue weighted by molar-refractivity contribution is 6.05. The Morgan fingerprint density at radius 2 is 1.48 bits per heavy atom. The van der Waals surface area contributed by atoms with Crippen molar-refractivity contribution in [1.82, 2.24) is 20.4 Å². The van der Waals surface area contributed by atoms with Crippen LogP contribution in [0, 0.1) is 11.6 Å². The van der Waals surface area contributed by atoms with E-state index in [-0.39, 0.29) is 30.2 Å². The summed E-state index contributed by atoms with van der Waals surface area (Å²) in [6, 6.07) is 22.4. The number of rotatable bonds is 10. The van der Waals surface area contributed by atoms with E-state index < -0.39 is 11.9 Å². The van der Waals surface area contributed by atoms with Crippen molar-refractivity contribution in [3.05, 3.63) is 130 Å². The molecular weight excluding hydrogens is 612 g/mol. The number of hydrogen-bond donors (Lipinski definition) is 2. The third-order valence-electron chi connectivity index (χ3n) is 8.57. The van der Waals surface area contributed by atoms with Crippen molar-refractivity contribution in [3.8, 4) is 0 Å². The first-order valence-electron chi connectivity index (χ1n) is 16.5. The molecule has 1 fully saturated rings. The fourth-order valence-corrected chi connectivity index (χ4v) is 6.47. The second-order valence-corrected chi connectivity index (χ2v) is 11.9. The highest BCUT2D eigenvalue weighted by Crippen LogP contribution is 2.40. The highest BCUT2D eigenvalue weighted by atomic mass is 19.1. The van der Waals surface area contributed by atoms with E-state index in [0.29, 0.717) is 61.2 Å². The molecule has 1 amide bonds. The van der Waals surface area contributed by atoms with Crippen molar-refractivity contribution >= 4 is 17.7 Å². The van der Waals surface area contributed by atoms with E-state index in [1.165, 1.54) is 31.2 Å². The van der Waals surface area contributed by atoms with Gasteiger partial charge < -0.3 is 20.3 Å². The van der Waals surface area contributed by atoms with Crippen molar-refractivity contribution in [2.45, 2.75) is 46.1 Å². The number of ether oxygens (including phenoxy) is 1. The number of benzene rings is 3. The highest BCUT2D eigenvalue weighted by Gasteiger charge is 2.40. The van der Waals surface area contributed by atoms with Gasteiger partial charge in [-0.2, -0.15) is 0 Å². The first-order chi connectivity index (χ1) is 23.2. The van der Waals surface area contributed by atoms with Gasteiger partial charge in [-0.05, 0) is 61.2 Å². The summed E-state index contributed by atoms with van der Waals surface area (Å²) in [6.45, 7) is 10.3. The molecule has 2 aliphatic heterocycles. The van der Waals surface area contributed by atoms with Gasteiger partial charge in [0, 0.05) is 50.9 Å². The normalized spacial score (nSPS) is 17.4. The smallest absolute Gasteiger partial charge is 0.336 e. The monoisotopic (exact) mass is 655 g/mol. The van der Waals surface area contributed by atoms with Gasteiger partial charge >= 0.3 is 5.97 Å². The fraction of sp³-hybridized carbons (Fsp3) is 0.342. The molecule has 1 unspecified atom stereocenters. The average molecular weight is 656 g/mol. The SMILES string of the molecule is CCCN=C(C1=C(NC(C)=O)NC(C)=C(C(=O)OCC)C1c1ccccc1)N1CCN(C(c2ccc(F)cc2)c2ccc(F)cc2)CC1. The average Bonchev–Trinajstić information content (AvgIpc) is 3.08. The molecule has 252 valence electrons. The van der Waals surface area contributed by atoms with Gasteiger partial charge in [-0.3, -0.25) is 14.7 Å². The Labute approximate surface area is 281 Å². The molecule has 0 bridgehead atoms. The Bertz CT molecular complexity index is 1630. The predicted molar refractivity (Wildman–Crippen MR) is 183 cm³/mol. The number of nitrogens with one attached hydrogen (secondary N) is 2. The maximum absolute atomic E-state index is 13.9. The van der Waals surface area contributed by atoms with Gasteiger partial charge in [-0.25, -0.2) is 13.6 Å². The third kappa shape index (κ3) is 7.82. The zero-order chi connectivity index (χ0) is 34.2. The summed E-state index contributed by atoms with van der Waals surface area (Å²) in [5, 5.41) is 6.30. The second kappa shape index (κ2) is 15.8. The summed E-state index contributed by atoms with van der Waals surface area (Å²) < 4.78 is 33.4. The molecule has 0 aromatic heterocycles. The quantitative estimate of drug-likeness (QED) is 0.157. The lowest BCUT2D eigenvalue weighted by atomic mass is 9.80. The second-order valence-electron chi connectivity index (χ2n) is 11.9. The molecule has 2 N–H and O–H groups in total. The summed E-state index contributed by atoms with van der Waals surface area (Å²) in [6.07, 6.45) is 0.798. The lowest BCUT2D eigenvalue weighted by Crippen LogP contribution is -2.52. The number of amidine groups is 1. The van der Waals surface area contributed by atoms with Crippen molar-refractivity contribution in [1.29, 1.82) is 0 Å². The van der Waals surface area contributed by atoms with Gasteiger partial charge in [0.1, 0.15) is 23.3 Å². The van der Waals surface area contributed by atoms with Crippen molar-refractivity contribution in [3.63, 3.8) is 0 Å². The van der Waals surface area contributed by atoms with Crippen LogP contribution in [0.15, 0.2) is 107 Å². The van der Waals surface area contributed by atoms with Crippen molar-refractivity contribution in [2.75, 3.05) is 39.3 Å². The van der Waals surface area contributed by atoms with Gasteiger partial charge in [-0.1, -0.05) is 61.5 Å². The van der Waals surface area contributed by atoms with Gasteiger partial charge in [0.15, 0.2) is 0 Å². The van der Waals surface area contributed by atoms with Crippen molar-refractivity contribution < 1.29 is 23.1 Å². The molecular formula is C38H43F2N5O3. The number of dihydropyridines is 1. The standard InChI is InChI=1S/C38H43F2N5O3/c1-5-20-41-37(34-33(27-10-8-7-9-11-27)32(38(47)48-6-2)25(3)42-36(34)43-26(4)46)45-23-21-44(22-24-45)35(28-12-16-30(39)17-13-28)29-14-18-31(40)19-15-29/h7-19,33,35,42H,5-6,20-24H2,1-4H3,(H,43,46). The maximum Gasteiger partial charge on any atom is 0.336 e. The molecule has 0 spiro atoms. The minimum atomic E-state index is -0.562. The molecule has 2 heterocycles. The Kier molecular flexibility index (Phi) is 11.4. The van der Waals surface area contributed by atoms with Gasteiger partial charge in [0.25, 0.3) is 0 Å². The molecule has 0 aliphatic carbocycles. The summed E-state index contributed by atoms with van der Waals surface area (Å²) in [7, 11) is 0. The van der Waals surface area contributed by atoms with Crippen LogP contribution in [0.2, 0.25) is 0 Å². The van der Waals surface area contributed by atoms with E-state index in [2.05, 4.69) is 27.4 Å². The molecule has 0 radical (unpaired) electrons. The molecule has 0 saturated carbocycles. The largest absolute Gasteiger partial charge is 0.463 e. The van der Waals surface area contributed by atoms with Crippen LogP contribution in [0.4, 0.5) is 8.78 Å². The lowest BCUT2D eigenvalue weighted by molar-refractivity contribution is -0.138. The van der Waals surface area contributed by atoms with Crippen LogP contribution in [-0.2, 0) is 14.3 Å². The summed E-state index contributed by atoms with van der Waals surface area (Å²) in [5.41, 5.74) is 4.44. The van der Waals surface area contributed by atoms with Crippen LogP contribution in [0.5, 0.6) is 0 Å². The van der Waals surface area contributed by atoms with Crippen LogP contribution in [-0.4, -0.2) is 66.8 Å². The fourth-order valence-electron chi connectivity index (χ4n) is 6.47. The zero-order valence-electron chi connectivity index (χ0n) is 27.9. The topological polar surface area (TPSA) is 86.3 Å². The summed E-state index contributed by atoms with van der Waals surface area (Å²) in [5.74, 6) is -0.713. The Morgan fingerprint density at radius 3 is 2.00 bits per heavy atom. The third-order valence-corrected chi connectivity index (χ3v) is 8.57. The van der Waals surface area contributed by atoms with E-state index in [0.717, 1.165) is 23.1 Å². The van der Waals surface area contributed by atoms with E-state index in [1.54, 1.807) is 31.2 Å². The number of hydrogen-bond acceptors (Lipinski definition) is 6. The van der Waals surface area contributed by atoms with Crippen LogP contribution in [0.25, 0.3) is 0 Å². The van der Waals surface area contributed by atoms with Crippen LogP contribution in [0.3, 0.4) is 0 Å². The van der Waals surface area contributed by atoms with E-state index in [4.69, 9.17) is 9.73 Å². The number of esters is 1. The van der Waals surface area contributed by atoms with E-state index >= 15 is 0 Å². The van der Waals surface area contributed by atoms with E-state index in [9.17, 15) is 18.4 Å². The molecule has 1 saturated heterocycles. The summed E-state index contributed by atoms with van der Waals surface area (Å²) >= 11 is 0. The molecule has 8 nitrogen and oxygen atoms in total. The Balaban J connectivity index is 1.55. The Hall–Kier alpha value is -4.83. The van der Waals surface area contributed by atoms with Gasteiger partial charge in [0.2, 0.25) is 5.91 Å². The molecule has 10 heteroatoms. The zero-order valence-corrected chi connectivity index (χ0v) is 27.9. The lowest BCUT2D eigenvalue weighted by Gasteiger charge is -2.43. The number of piperazine rings is 1. The van der Waals surface area contributed by atoms with Gasteiger partial charge in [0.05, 0.1) is 24.1 Å². The predicted octanol–water partition coefficient (Wildman–Crippen LogP) is 6.05.